The molecule has 2 aromatic heterocycles. The van der Waals surface area contributed by atoms with Crippen molar-refractivity contribution in [3.05, 3.63) is 106 Å². The van der Waals surface area contributed by atoms with Gasteiger partial charge in [-0.25, -0.2) is 19.2 Å². The fraction of sp³-hybridized carbons (Fsp3) is 0.188. The zero-order valence-corrected chi connectivity index (χ0v) is 22.8. The first-order valence-electron chi connectivity index (χ1n) is 13.5. The van der Waals surface area contributed by atoms with E-state index in [4.69, 9.17) is 13.9 Å². The highest BCUT2D eigenvalue weighted by Gasteiger charge is 2.24. The number of Topliss-reactive ketones (excluding diaryl/α,β-unsaturated/α-hetero) is 1. The molecule has 3 aromatic carbocycles. The molecule has 0 spiro atoms. The van der Waals surface area contributed by atoms with Crippen LogP contribution in [0.15, 0.2) is 88.2 Å². The molecule has 0 atom stereocenters. The number of morpholine rings is 1. The van der Waals surface area contributed by atoms with Gasteiger partial charge in [0.1, 0.15) is 29.3 Å². The number of rotatable bonds is 8. The number of nitrogens with one attached hydrogen (secondary N) is 1. The summed E-state index contributed by atoms with van der Waals surface area (Å²) in [6, 6.07) is 20.9. The Morgan fingerprint density at radius 1 is 1.05 bits per heavy atom. The van der Waals surface area contributed by atoms with Crippen LogP contribution in [0.3, 0.4) is 0 Å². The van der Waals surface area contributed by atoms with Gasteiger partial charge in [0.15, 0.2) is 5.78 Å². The quantitative estimate of drug-likeness (QED) is 0.186. The molecule has 0 radical (unpaired) electrons. The molecule has 0 saturated carbocycles. The highest BCUT2D eigenvalue weighted by Crippen LogP contribution is 2.33. The summed E-state index contributed by atoms with van der Waals surface area (Å²) in [7, 11) is 0. The van der Waals surface area contributed by atoms with Crippen LogP contribution in [-0.2, 0) is 11.3 Å². The Kier molecular flexibility index (Phi) is 7.61. The van der Waals surface area contributed by atoms with Crippen LogP contribution in [0.5, 0.6) is 5.75 Å². The van der Waals surface area contributed by atoms with Crippen LogP contribution in [0.2, 0.25) is 0 Å². The highest BCUT2D eigenvalue weighted by atomic mass is 19.1. The first-order chi connectivity index (χ1) is 20.5. The number of halogens is 1. The standard InChI is InChI=1S/C32H27FN4O5/c1-20(38)29-30(37-13-15-40-16-14-37)25-10-8-23(18-28(25)42-31(29)39)35-32-34-12-11-26(36-32)24-9-7-22(33)17-27(24)41-19-21-5-3-2-4-6-21/h2-12,17-18H,13-16,19H2,1H3,(H,34,35,36). The van der Waals surface area contributed by atoms with E-state index < -0.39 is 11.4 Å². The number of benzene rings is 3. The third kappa shape index (κ3) is 5.70. The van der Waals surface area contributed by atoms with E-state index in [0.717, 1.165) is 5.56 Å². The van der Waals surface area contributed by atoms with Gasteiger partial charge < -0.3 is 24.1 Å². The van der Waals surface area contributed by atoms with E-state index in [9.17, 15) is 14.0 Å². The van der Waals surface area contributed by atoms with E-state index in [1.54, 1.807) is 36.5 Å². The Hall–Kier alpha value is -5.09. The minimum Gasteiger partial charge on any atom is -0.488 e. The average Bonchev–Trinajstić information content (AvgIpc) is 3.00. The molecule has 1 aliphatic heterocycles. The summed E-state index contributed by atoms with van der Waals surface area (Å²) in [4.78, 5) is 36.2. The van der Waals surface area contributed by atoms with E-state index in [1.165, 1.54) is 19.1 Å². The Bertz CT molecular complexity index is 1820. The number of ketones is 1. The molecule has 42 heavy (non-hydrogen) atoms. The van der Waals surface area contributed by atoms with Gasteiger partial charge in [-0.2, -0.15) is 0 Å². The lowest BCUT2D eigenvalue weighted by Gasteiger charge is -2.30. The number of hydrogen-bond acceptors (Lipinski definition) is 9. The first kappa shape index (κ1) is 27.1. The third-order valence-electron chi connectivity index (χ3n) is 6.93. The summed E-state index contributed by atoms with van der Waals surface area (Å²) in [5.41, 5.74) is 2.89. The largest absolute Gasteiger partial charge is 0.488 e. The molecule has 5 aromatic rings. The number of carbonyl (C=O) groups excluding carboxylic acids is 1. The van der Waals surface area contributed by atoms with E-state index in [2.05, 4.69) is 15.3 Å². The third-order valence-corrected chi connectivity index (χ3v) is 6.93. The van der Waals surface area contributed by atoms with Gasteiger partial charge in [0, 0.05) is 48.1 Å². The van der Waals surface area contributed by atoms with Crippen LogP contribution in [0.1, 0.15) is 22.8 Å². The first-order valence-corrected chi connectivity index (χ1v) is 13.5. The van der Waals surface area contributed by atoms with Gasteiger partial charge in [-0.3, -0.25) is 4.79 Å². The minimum absolute atomic E-state index is 0.0331. The second-order valence-electron chi connectivity index (χ2n) is 9.78. The lowest BCUT2D eigenvalue weighted by molar-refractivity contribution is 0.101. The van der Waals surface area contributed by atoms with Gasteiger partial charge in [0.05, 0.1) is 24.6 Å². The smallest absolute Gasteiger partial charge is 0.349 e. The van der Waals surface area contributed by atoms with Crippen LogP contribution < -0.4 is 20.6 Å². The fourth-order valence-electron chi connectivity index (χ4n) is 4.95. The summed E-state index contributed by atoms with van der Waals surface area (Å²) in [6.45, 7) is 3.74. The maximum Gasteiger partial charge on any atom is 0.349 e. The predicted octanol–water partition coefficient (Wildman–Crippen LogP) is 5.75. The SMILES string of the molecule is CC(=O)c1c(N2CCOCC2)c2ccc(Nc3nccc(-c4ccc(F)cc4OCc4ccccc4)n3)cc2oc1=O. The van der Waals surface area contributed by atoms with Gasteiger partial charge in [-0.15, -0.1) is 0 Å². The number of nitrogens with zero attached hydrogens (tertiary/aromatic N) is 3. The number of aromatic nitrogens is 2. The second-order valence-corrected chi connectivity index (χ2v) is 9.78. The minimum atomic E-state index is -0.689. The molecule has 1 N–H and O–H groups in total. The molecular weight excluding hydrogens is 539 g/mol. The maximum absolute atomic E-state index is 14.1. The molecule has 9 nitrogen and oxygen atoms in total. The zero-order valence-electron chi connectivity index (χ0n) is 22.8. The van der Waals surface area contributed by atoms with Crippen molar-refractivity contribution in [2.24, 2.45) is 0 Å². The van der Waals surface area contributed by atoms with Crippen molar-refractivity contribution < 1.29 is 23.1 Å². The topological polar surface area (TPSA) is 107 Å². The molecule has 3 heterocycles. The van der Waals surface area contributed by atoms with E-state index >= 15 is 0 Å². The Balaban J connectivity index is 1.31. The summed E-state index contributed by atoms with van der Waals surface area (Å²) >= 11 is 0. The predicted molar refractivity (Wildman–Crippen MR) is 157 cm³/mol. The Morgan fingerprint density at radius 2 is 1.86 bits per heavy atom. The molecule has 0 unspecified atom stereocenters. The highest BCUT2D eigenvalue weighted by molar-refractivity contribution is 6.07. The molecule has 1 fully saturated rings. The lowest BCUT2D eigenvalue weighted by atomic mass is 10.1. The molecule has 1 saturated heterocycles. The molecular formula is C32H27FN4O5. The second kappa shape index (κ2) is 11.8. The van der Waals surface area contributed by atoms with Crippen LogP contribution in [0.4, 0.5) is 21.7 Å². The Labute approximate surface area is 240 Å². The van der Waals surface area contributed by atoms with Crippen LogP contribution >= 0.6 is 0 Å². The molecule has 0 amide bonds. The molecule has 212 valence electrons. The van der Waals surface area contributed by atoms with Crippen molar-refractivity contribution in [2.75, 3.05) is 36.5 Å². The number of carbonyl (C=O) groups is 1. The van der Waals surface area contributed by atoms with Crippen molar-refractivity contribution in [1.29, 1.82) is 0 Å². The normalized spacial score (nSPS) is 13.2. The molecule has 10 heteroatoms. The molecule has 0 bridgehead atoms. The van der Waals surface area contributed by atoms with Crippen molar-refractivity contribution in [3.63, 3.8) is 0 Å². The molecule has 1 aliphatic rings. The van der Waals surface area contributed by atoms with Gasteiger partial charge in [0.25, 0.3) is 0 Å². The number of hydrogen-bond donors (Lipinski definition) is 1. The van der Waals surface area contributed by atoms with Crippen molar-refractivity contribution in [2.45, 2.75) is 13.5 Å². The summed E-state index contributed by atoms with van der Waals surface area (Å²) in [5, 5.41) is 3.80. The van der Waals surface area contributed by atoms with Crippen LogP contribution in [0, 0.1) is 5.82 Å². The van der Waals surface area contributed by atoms with Crippen LogP contribution in [0.25, 0.3) is 22.2 Å². The van der Waals surface area contributed by atoms with Gasteiger partial charge in [-0.1, -0.05) is 30.3 Å². The van der Waals surface area contributed by atoms with Gasteiger partial charge in [-0.05, 0) is 42.8 Å². The average molecular weight is 567 g/mol. The van der Waals surface area contributed by atoms with E-state index in [1.807, 2.05) is 35.2 Å². The molecule has 6 rings (SSSR count). The van der Waals surface area contributed by atoms with Gasteiger partial charge in [0.2, 0.25) is 5.95 Å². The lowest BCUT2D eigenvalue weighted by Crippen LogP contribution is -2.38. The Morgan fingerprint density at radius 3 is 2.64 bits per heavy atom. The van der Waals surface area contributed by atoms with Crippen molar-refractivity contribution >= 4 is 34.1 Å². The van der Waals surface area contributed by atoms with Crippen LogP contribution in [-0.4, -0.2) is 42.1 Å². The van der Waals surface area contributed by atoms with E-state index in [-0.39, 0.29) is 23.9 Å². The summed E-state index contributed by atoms with van der Waals surface area (Å²) in [6.07, 6.45) is 1.59. The van der Waals surface area contributed by atoms with Crippen molar-refractivity contribution in [1.82, 2.24) is 9.97 Å². The monoisotopic (exact) mass is 566 g/mol. The number of anilines is 3. The van der Waals surface area contributed by atoms with E-state index in [0.29, 0.717) is 65.7 Å². The van der Waals surface area contributed by atoms with Gasteiger partial charge >= 0.3 is 5.63 Å². The fourth-order valence-corrected chi connectivity index (χ4v) is 4.95. The summed E-state index contributed by atoms with van der Waals surface area (Å²) < 4.78 is 31.1. The summed E-state index contributed by atoms with van der Waals surface area (Å²) in [5.74, 6) is -0.141. The number of fused-ring (bicyclic) bond motifs is 1. The zero-order chi connectivity index (χ0) is 29.1. The number of ether oxygens (including phenoxy) is 2. The molecule has 0 aliphatic carbocycles. The van der Waals surface area contributed by atoms with Crippen molar-refractivity contribution in [3.8, 4) is 17.0 Å². The maximum atomic E-state index is 14.1.